The third-order valence-electron chi connectivity index (χ3n) is 1.13. The molecule has 0 aromatic carbocycles. The number of amides is 1. The molecular weight excluding hydrogens is 178 g/mol. The number of halogens is 1. The Morgan fingerprint density at radius 2 is 2.42 bits per heavy atom. The normalized spacial score (nSPS) is 8.42. The van der Waals surface area contributed by atoms with Crippen molar-refractivity contribution < 1.29 is 4.79 Å². The Morgan fingerprint density at radius 1 is 1.67 bits per heavy atom. The molecule has 66 valence electrons. The second kappa shape index (κ2) is 5.51. The van der Waals surface area contributed by atoms with Crippen molar-refractivity contribution in [1.82, 2.24) is 4.98 Å². The van der Waals surface area contributed by atoms with Crippen molar-refractivity contribution in [1.29, 1.82) is 0 Å². The van der Waals surface area contributed by atoms with E-state index in [1.807, 2.05) is 0 Å². The van der Waals surface area contributed by atoms with Gasteiger partial charge in [-0.25, -0.2) is 0 Å². The predicted molar refractivity (Wildman–Crippen MR) is 49.2 cm³/mol. The summed E-state index contributed by atoms with van der Waals surface area (Å²) in [7, 11) is 0. The zero-order valence-corrected chi connectivity index (χ0v) is 7.17. The number of nitrogens with one attached hydrogen (secondary N) is 1. The molecule has 0 radical (unpaired) electrons. The quantitative estimate of drug-likeness (QED) is 0.705. The van der Waals surface area contributed by atoms with Gasteiger partial charge in [0.15, 0.2) is 0 Å². The van der Waals surface area contributed by atoms with E-state index in [1.165, 1.54) is 0 Å². The Kier molecular flexibility index (Phi) is 4.99. The minimum atomic E-state index is -0.210. The van der Waals surface area contributed by atoms with Gasteiger partial charge in [0.2, 0.25) is 5.91 Å². The molecule has 5 heteroatoms. The molecular formula is C7H10ClN3O. The maximum absolute atomic E-state index is 10.7. The van der Waals surface area contributed by atoms with E-state index in [2.05, 4.69) is 10.3 Å². The molecule has 1 aromatic rings. The number of pyridine rings is 1. The lowest BCUT2D eigenvalue weighted by Gasteiger charge is -2.00. The van der Waals surface area contributed by atoms with Gasteiger partial charge < -0.3 is 11.1 Å². The molecule has 0 saturated carbocycles. The second-order valence-corrected chi connectivity index (χ2v) is 1.99. The SMILES string of the molecule is Cl.NCC(=O)Nc1cccnc1. The van der Waals surface area contributed by atoms with E-state index < -0.39 is 0 Å². The third-order valence-corrected chi connectivity index (χ3v) is 1.13. The predicted octanol–water partition coefficient (Wildman–Crippen LogP) is 0.401. The van der Waals surface area contributed by atoms with Crippen LogP contribution in [0.3, 0.4) is 0 Å². The van der Waals surface area contributed by atoms with E-state index in [4.69, 9.17) is 5.73 Å². The zero-order chi connectivity index (χ0) is 8.10. The van der Waals surface area contributed by atoms with E-state index in [0.29, 0.717) is 5.69 Å². The molecule has 0 aliphatic heterocycles. The highest BCUT2D eigenvalue weighted by Gasteiger charge is 1.96. The summed E-state index contributed by atoms with van der Waals surface area (Å²) in [5, 5.41) is 2.57. The molecule has 0 fully saturated rings. The molecule has 0 bridgehead atoms. The van der Waals surface area contributed by atoms with Crippen molar-refractivity contribution in [2.75, 3.05) is 11.9 Å². The first kappa shape index (κ1) is 10.9. The van der Waals surface area contributed by atoms with Crippen LogP contribution in [0.4, 0.5) is 5.69 Å². The van der Waals surface area contributed by atoms with Crippen molar-refractivity contribution in [2.24, 2.45) is 5.73 Å². The number of carbonyl (C=O) groups excluding carboxylic acids is 1. The summed E-state index contributed by atoms with van der Waals surface area (Å²) >= 11 is 0. The molecule has 1 heterocycles. The lowest BCUT2D eigenvalue weighted by molar-refractivity contribution is -0.114. The molecule has 0 aliphatic carbocycles. The maximum atomic E-state index is 10.7. The van der Waals surface area contributed by atoms with Gasteiger partial charge >= 0.3 is 0 Å². The topological polar surface area (TPSA) is 68.0 Å². The third kappa shape index (κ3) is 3.32. The Bertz CT molecular complexity index is 240. The molecule has 0 unspecified atom stereocenters. The average Bonchev–Trinajstić information content (AvgIpc) is 2.06. The minimum absolute atomic E-state index is 0. The summed E-state index contributed by atoms with van der Waals surface area (Å²) in [6.45, 7) is -0.00507. The first-order valence-corrected chi connectivity index (χ1v) is 3.23. The van der Waals surface area contributed by atoms with Crippen molar-refractivity contribution in [2.45, 2.75) is 0 Å². The fourth-order valence-electron chi connectivity index (χ4n) is 0.649. The molecule has 0 saturated heterocycles. The highest BCUT2D eigenvalue weighted by Crippen LogP contribution is 2.00. The van der Waals surface area contributed by atoms with Crippen LogP contribution in [0.15, 0.2) is 24.5 Å². The fourth-order valence-corrected chi connectivity index (χ4v) is 0.649. The van der Waals surface area contributed by atoms with Crippen LogP contribution in [0, 0.1) is 0 Å². The number of carbonyl (C=O) groups is 1. The van der Waals surface area contributed by atoms with E-state index in [1.54, 1.807) is 24.5 Å². The standard InChI is InChI=1S/C7H9N3O.ClH/c8-4-7(11)10-6-2-1-3-9-5-6;/h1-3,5H,4,8H2,(H,10,11);1H. The number of nitrogens with two attached hydrogens (primary N) is 1. The number of anilines is 1. The molecule has 0 aliphatic rings. The zero-order valence-electron chi connectivity index (χ0n) is 6.36. The van der Waals surface area contributed by atoms with Crippen LogP contribution in [-0.2, 0) is 4.79 Å². The Morgan fingerprint density at radius 3 is 2.92 bits per heavy atom. The molecule has 0 atom stereocenters. The number of aromatic nitrogens is 1. The van der Waals surface area contributed by atoms with Crippen LogP contribution < -0.4 is 11.1 Å². The summed E-state index contributed by atoms with van der Waals surface area (Å²) in [5.74, 6) is -0.210. The monoisotopic (exact) mass is 187 g/mol. The van der Waals surface area contributed by atoms with Crippen LogP contribution in [0.2, 0.25) is 0 Å². The highest BCUT2D eigenvalue weighted by atomic mass is 35.5. The smallest absolute Gasteiger partial charge is 0.238 e. The van der Waals surface area contributed by atoms with Crippen molar-refractivity contribution in [3.8, 4) is 0 Å². The summed E-state index contributed by atoms with van der Waals surface area (Å²) < 4.78 is 0. The van der Waals surface area contributed by atoms with Crippen molar-refractivity contribution in [3.63, 3.8) is 0 Å². The Labute approximate surface area is 76.6 Å². The molecule has 3 N–H and O–H groups in total. The van der Waals surface area contributed by atoms with Crippen molar-refractivity contribution in [3.05, 3.63) is 24.5 Å². The van der Waals surface area contributed by atoms with Gasteiger partial charge in [-0.1, -0.05) is 0 Å². The van der Waals surface area contributed by atoms with E-state index >= 15 is 0 Å². The van der Waals surface area contributed by atoms with Gasteiger partial charge in [-0.15, -0.1) is 12.4 Å². The lowest BCUT2D eigenvalue weighted by atomic mass is 10.4. The molecule has 1 rings (SSSR count). The molecule has 4 nitrogen and oxygen atoms in total. The van der Waals surface area contributed by atoms with Gasteiger partial charge in [0, 0.05) is 6.20 Å². The van der Waals surface area contributed by atoms with Crippen LogP contribution in [0.5, 0.6) is 0 Å². The van der Waals surface area contributed by atoms with E-state index in [0.717, 1.165) is 0 Å². The van der Waals surface area contributed by atoms with Crippen LogP contribution in [-0.4, -0.2) is 17.4 Å². The van der Waals surface area contributed by atoms with Gasteiger partial charge in [-0.3, -0.25) is 9.78 Å². The van der Waals surface area contributed by atoms with Gasteiger partial charge in [0.05, 0.1) is 18.4 Å². The molecule has 1 amide bonds. The molecule has 0 spiro atoms. The fraction of sp³-hybridized carbons (Fsp3) is 0.143. The maximum Gasteiger partial charge on any atom is 0.238 e. The first-order valence-electron chi connectivity index (χ1n) is 3.23. The van der Waals surface area contributed by atoms with Crippen LogP contribution >= 0.6 is 12.4 Å². The summed E-state index contributed by atoms with van der Waals surface area (Å²) in [5.41, 5.74) is 5.76. The largest absolute Gasteiger partial charge is 0.324 e. The number of nitrogens with zero attached hydrogens (tertiary/aromatic N) is 1. The van der Waals surface area contributed by atoms with Gasteiger partial charge in [-0.2, -0.15) is 0 Å². The Balaban J connectivity index is 0.00000121. The summed E-state index contributed by atoms with van der Waals surface area (Å²) in [6.07, 6.45) is 3.20. The summed E-state index contributed by atoms with van der Waals surface area (Å²) in [6, 6.07) is 3.49. The van der Waals surface area contributed by atoms with E-state index in [9.17, 15) is 4.79 Å². The number of hydrogen-bond acceptors (Lipinski definition) is 3. The van der Waals surface area contributed by atoms with Gasteiger partial charge in [-0.05, 0) is 12.1 Å². The average molecular weight is 188 g/mol. The molecule has 12 heavy (non-hydrogen) atoms. The van der Waals surface area contributed by atoms with Gasteiger partial charge in [0.1, 0.15) is 0 Å². The summed E-state index contributed by atoms with van der Waals surface area (Å²) in [4.78, 5) is 14.5. The number of rotatable bonds is 2. The highest BCUT2D eigenvalue weighted by molar-refractivity contribution is 5.91. The lowest BCUT2D eigenvalue weighted by Crippen LogP contribution is -2.21. The van der Waals surface area contributed by atoms with Crippen LogP contribution in [0.1, 0.15) is 0 Å². The van der Waals surface area contributed by atoms with E-state index in [-0.39, 0.29) is 24.9 Å². The molecule has 1 aromatic heterocycles. The number of hydrogen-bond donors (Lipinski definition) is 2. The Hall–Kier alpha value is -1.13. The van der Waals surface area contributed by atoms with Crippen LogP contribution in [0.25, 0.3) is 0 Å². The van der Waals surface area contributed by atoms with Gasteiger partial charge in [0.25, 0.3) is 0 Å². The second-order valence-electron chi connectivity index (χ2n) is 1.99. The minimum Gasteiger partial charge on any atom is -0.324 e. The first-order chi connectivity index (χ1) is 5.33. The van der Waals surface area contributed by atoms with Crippen molar-refractivity contribution >= 4 is 24.0 Å².